The molecule has 0 unspecified atom stereocenters. The Bertz CT molecular complexity index is 1590. The van der Waals surface area contributed by atoms with Crippen molar-refractivity contribution in [1.82, 2.24) is 16.1 Å². The van der Waals surface area contributed by atoms with Gasteiger partial charge in [0.15, 0.2) is 17.7 Å². The van der Waals surface area contributed by atoms with Gasteiger partial charge in [0.2, 0.25) is 0 Å². The van der Waals surface area contributed by atoms with E-state index >= 15 is 0 Å². The predicted octanol–water partition coefficient (Wildman–Crippen LogP) is 3.69. The molecule has 0 fully saturated rings. The number of carbonyl (C=O) groups is 2. The molecule has 4 N–H and O–H groups in total. The molecule has 14 heteroatoms. The zero-order valence-electron chi connectivity index (χ0n) is 24.8. The number of allylic oxidation sites excluding steroid dienone is 1. The van der Waals surface area contributed by atoms with Crippen LogP contribution in [0.2, 0.25) is 0 Å². The summed E-state index contributed by atoms with van der Waals surface area (Å²) in [6.07, 6.45) is 0.351. The molecule has 14 nitrogen and oxygen atoms in total. The lowest BCUT2D eigenvalue weighted by molar-refractivity contribution is -0.384. The summed E-state index contributed by atoms with van der Waals surface area (Å²) in [5, 5.41) is 30.7. The number of hydrazone groups is 1. The number of nitrogens with one attached hydrogen (secondary N) is 3. The summed E-state index contributed by atoms with van der Waals surface area (Å²) in [7, 11) is 1.26. The number of nitrogens with zero attached hydrogens (tertiary/aromatic N) is 2. The zero-order chi connectivity index (χ0) is 32.3. The van der Waals surface area contributed by atoms with E-state index < -0.39 is 29.2 Å². The van der Waals surface area contributed by atoms with E-state index in [2.05, 4.69) is 21.2 Å². The van der Waals surface area contributed by atoms with Crippen molar-refractivity contribution in [2.24, 2.45) is 5.10 Å². The first-order valence-corrected chi connectivity index (χ1v) is 13.9. The van der Waals surface area contributed by atoms with Crippen molar-refractivity contribution in [3.05, 3.63) is 105 Å². The highest BCUT2D eigenvalue weighted by atomic mass is 16.6. The molecule has 1 aliphatic heterocycles. The van der Waals surface area contributed by atoms with E-state index in [1.54, 1.807) is 68.4 Å². The van der Waals surface area contributed by atoms with Crippen LogP contribution in [0.15, 0.2) is 83.1 Å². The van der Waals surface area contributed by atoms with Crippen molar-refractivity contribution < 1.29 is 38.6 Å². The van der Waals surface area contributed by atoms with Crippen LogP contribution in [-0.2, 0) is 16.1 Å². The van der Waals surface area contributed by atoms with Gasteiger partial charge in [0.25, 0.3) is 5.69 Å². The fourth-order valence-corrected chi connectivity index (χ4v) is 4.40. The monoisotopic (exact) mass is 619 g/mol. The van der Waals surface area contributed by atoms with E-state index in [1.807, 2.05) is 0 Å². The molecule has 0 bridgehead atoms. The molecule has 4 rings (SSSR count). The smallest absolute Gasteiger partial charge is 0.337 e. The number of urea groups is 1. The number of hydrogen-bond acceptors (Lipinski definition) is 11. The molecule has 0 saturated carbocycles. The number of benzene rings is 3. The summed E-state index contributed by atoms with van der Waals surface area (Å²) in [5.74, 6) is 0.687. The number of amides is 2. The number of methoxy groups -OCH3 is 1. The Morgan fingerprint density at radius 3 is 2.60 bits per heavy atom. The number of aliphatic hydroxyl groups excluding tert-OH is 1. The summed E-state index contributed by atoms with van der Waals surface area (Å²) in [5.41, 5.74) is 5.21. The highest BCUT2D eigenvalue weighted by Gasteiger charge is 2.32. The molecule has 1 aliphatic rings. The van der Waals surface area contributed by atoms with Gasteiger partial charge in [0, 0.05) is 17.8 Å². The van der Waals surface area contributed by atoms with Gasteiger partial charge in [-0.1, -0.05) is 18.2 Å². The summed E-state index contributed by atoms with van der Waals surface area (Å²) in [6, 6.07) is 17.0. The maximum Gasteiger partial charge on any atom is 0.337 e. The molecule has 2 atom stereocenters. The van der Waals surface area contributed by atoms with Gasteiger partial charge in [-0.25, -0.2) is 9.59 Å². The van der Waals surface area contributed by atoms with Crippen LogP contribution >= 0.6 is 0 Å². The number of rotatable bonds is 14. The second-order valence-electron chi connectivity index (χ2n) is 9.70. The van der Waals surface area contributed by atoms with Gasteiger partial charge in [0.1, 0.15) is 19.0 Å². The number of nitro groups is 1. The van der Waals surface area contributed by atoms with Crippen molar-refractivity contribution >= 4 is 23.9 Å². The Balaban J connectivity index is 1.31. The third-order valence-corrected chi connectivity index (χ3v) is 6.52. The molecular weight excluding hydrogens is 586 g/mol. The lowest BCUT2D eigenvalue weighted by Gasteiger charge is -2.28. The minimum absolute atomic E-state index is 0.00239. The fraction of sp³-hybridized carbons (Fsp3) is 0.258. The van der Waals surface area contributed by atoms with E-state index in [4.69, 9.17) is 18.9 Å². The van der Waals surface area contributed by atoms with Crippen molar-refractivity contribution in [3.8, 4) is 17.2 Å². The van der Waals surface area contributed by atoms with Crippen LogP contribution < -0.4 is 30.3 Å². The second-order valence-corrected chi connectivity index (χ2v) is 9.70. The summed E-state index contributed by atoms with van der Waals surface area (Å²) in [6.45, 7) is 3.74. The topological polar surface area (TPSA) is 183 Å². The summed E-state index contributed by atoms with van der Waals surface area (Å²) < 4.78 is 22.1. The first-order chi connectivity index (χ1) is 21.7. The maximum absolute atomic E-state index is 12.4. The van der Waals surface area contributed by atoms with Gasteiger partial charge in [-0.3, -0.25) is 15.5 Å². The summed E-state index contributed by atoms with van der Waals surface area (Å²) in [4.78, 5) is 35.0. The molecule has 0 aliphatic carbocycles. The van der Waals surface area contributed by atoms with Crippen molar-refractivity contribution in [1.29, 1.82) is 0 Å². The van der Waals surface area contributed by atoms with Crippen LogP contribution in [-0.4, -0.2) is 54.8 Å². The first-order valence-electron chi connectivity index (χ1n) is 13.9. The Kier molecular flexibility index (Phi) is 10.9. The van der Waals surface area contributed by atoms with Crippen LogP contribution in [0.3, 0.4) is 0 Å². The van der Waals surface area contributed by atoms with E-state index in [9.17, 15) is 24.8 Å². The Labute approximate surface area is 258 Å². The van der Waals surface area contributed by atoms with Gasteiger partial charge < -0.3 is 34.7 Å². The molecular formula is C31H33N5O9. The molecule has 1 heterocycles. The van der Waals surface area contributed by atoms with E-state index in [0.717, 1.165) is 5.56 Å². The molecule has 0 saturated heterocycles. The highest BCUT2D eigenvalue weighted by Crippen LogP contribution is 2.35. The largest absolute Gasteiger partial charge is 0.490 e. The predicted molar refractivity (Wildman–Crippen MR) is 163 cm³/mol. The van der Waals surface area contributed by atoms with Crippen LogP contribution in [0, 0.1) is 10.1 Å². The second kappa shape index (κ2) is 15.2. The zero-order valence-corrected chi connectivity index (χ0v) is 24.8. The number of carbonyl (C=O) groups excluding carboxylic acids is 2. The SMILES string of the molecule is CCOc1cc([C@H]2NC(=O)NC(C)=C2C(=O)OC)ccc1OC[C@H](O)N/N=C\c1ccc(OCc2cccc([N+](=O)[O-])c2)cc1. The number of non-ortho nitro benzene ring substituents is 1. The minimum atomic E-state index is -1.16. The molecule has 45 heavy (non-hydrogen) atoms. The Morgan fingerprint density at radius 2 is 1.89 bits per heavy atom. The van der Waals surface area contributed by atoms with Gasteiger partial charge in [0.05, 0.1) is 36.5 Å². The third kappa shape index (κ3) is 8.70. The Hall–Kier alpha value is -5.63. The quantitative estimate of drug-likeness (QED) is 0.0683. The molecule has 3 aromatic carbocycles. The molecule has 0 radical (unpaired) electrons. The lowest BCUT2D eigenvalue weighted by atomic mass is 9.95. The first kappa shape index (κ1) is 32.3. The van der Waals surface area contributed by atoms with Crippen LogP contribution in [0.4, 0.5) is 10.5 Å². The normalized spacial score (nSPS) is 15.1. The number of ether oxygens (including phenoxy) is 4. The molecule has 2 amide bonds. The van der Waals surface area contributed by atoms with Gasteiger partial charge in [-0.05, 0) is 66.9 Å². The number of nitro benzene ring substituents is 1. The van der Waals surface area contributed by atoms with Crippen LogP contribution in [0.1, 0.15) is 36.6 Å². The van der Waals surface area contributed by atoms with Gasteiger partial charge >= 0.3 is 12.0 Å². The van der Waals surface area contributed by atoms with Crippen LogP contribution in [0.5, 0.6) is 17.2 Å². The van der Waals surface area contributed by atoms with Gasteiger partial charge in [-0.15, -0.1) is 0 Å². The lowest BCUT2D eigenvalue weighted by Crippen LogP contribution is -2.45. The number of aliphatic hydroxyl groups is 1. The van der Waals surface area contributed by atoms with E-state index in [0.29, 0.717) is 40.7 Å². The number of hydrogen-bond donors (Lipinski definition) is 4. The fourth-order valence-electron chi connectivity index (χ4n) is 4.40. The van der Waals surface area contributed by atoms with Crippen molar-refractivity contribution in [3.63, 3.8) is 0 Å². The average molecular weight is 620 g/mol. The third-order valence-electron chi connectivity index (χ3n) is 6.52. The molecule has 0 aromatic heterocycles. The molecule has 0 spiro atoms. The average Bonchev–Trinajstić information content (AvgIpc) is 3.03. The minimum Gasteiger partial charge on any atom is -0.490 e. The highest BCUT2D eigenvalue weighted by molar-refractivity contribution is 5.95. The Morgan fingerprint density at radius 1 is 1.11 bits per heavy atom. The standard InChI is InChI=1S/C31H33N5O9/c1-4-43-26-15-22(29-28(30(38)42-3)19(2)33-31(39)34-29)10-13-25(26)45-18-27(37)35-32-16-20-8-11-24(12-9-20)44-17-21-6-5-7-23(14-21)36(40)41/h5-16,27,29,35,37H,4,17-18H2,1-3H3,(H2,33,34,39)/b32-16-/t27-,29+/m0/s1. The molecule has 3 aromatic rings. The van der Waals surface area contributed by atoms with Gasteiger partial charge in [-0.2, -0.15) is 5.10 Å². The van der Waals surface area contributed by atoms with E-state index in [1.165, 1.54) is 25.5 Å². The van der Waals surface area contributed by atoms with Crippen molar-refractivity contribution in [2.75, 3.05) is 20.3 Å². The summed E-state index contributed by atoms with van der Waals surface area (Å²) >= 11 is 0. The van der Waals surface area contributed by atoms with Crippen LogP contribution in [0.25, 0.3) is 0 Å². The van der Waals surface area contributed by atoms with Crippen molar-refractivity contribution in [2.45, 2.75) is 32.7 Å². The van der Waals surface area contributed by atoms with E-state index in [-0.39, 0.29) is 24.5 Å². The maximum atomic E-state index is 12.4. The molecule has 236 valence electrons. The number of esters is 1.